The molecule has 0 unspecified atom stereocenters. The Bertz CT molecular complexity index is 3640. The summed E-state index contributed by atoms with van der Waals surface area (Å²) in [5.74, 6) is 0.915. The molecule has 295 valence electrons. The van der Waals surface area contributed by atoms with Crippen molar-refractivity contribution in [3.63, 3.8) is 0 Å². The second-order valence-electron chi connectivity index (χ2n) is 16.4. The van der Waals surface area contributed by atoms with Crippen LogP contribution in [0.3, 0.4) is 0 Å². The van der Waals surface area contributed by atoms with E-state index in [-0.39, 0.29) is 20.1 Å². The summed E-state index contributed by atoms with van der Waals surface area (Å²) in [6.07, 6.45) is 2.02. The number of nitrogens with zero attached hydrogens (tertiary/aromatic N) is 3. The minimum absolute atomic E-state index is 0. The zero-order valence-electron chi connectivity index (χ0n) is 33.9. The van der Waals surface area contributed by atoms with Crippen LogP contribution < -0.4 is 5.19 Å². The third kappa shape index (κ3) is 6.77. The Morgan fingerprint density at radius 2 is 1.18 bits per heavy atom. The van der Waals surface area contributed by atoms with E-state index in [4.69, 9.17) is 4.98 Å². The molecule has 0 saturated heterocycles. The monoisotopic (exact) mass is 994 g/mol. The molecule has 0 atom stereocenters. The molecule has 4 aromatic heterocycles. The Morgan fingerprint density at radius 3 is 1.87 bits per heavy atom. The average Bonchev–Trinajstić information content (AvgIpc) is 3.87. The molecular weight excluding hydrogens is 955 g/mol. The van der Waals surface area contributed by atoms with Crippen LogP contribution in [-0.2, 0) is 20.1 Å². The molecule has 0 fully saturated rings. The molecular formula is C55H39IrN3SSi-2. The number of para-hydroxylation sites is 2. The van der Waals surface area contributed by atoms with Crippen molar-refractivity contribution >= 4 is 104 Å². The maximum Gasteiger partial charge on any atom is 0.0795 e. The first-order chi connectivity index (χ1) is 29.4. The fraction of sp³-hybridized carbons (Fsp3) is 0.0545. The molecule has 0 aliphatic heterocycles. The Hall–Kier alpha value is -6.27. The SMILES string of the molecule is C[Si](C)(C)c1ccc(-c2[c-]cccc2)nc1.[Ir].[c-]1ccc2c(sc3cc4ccccc4cc32)c1-c1nc2cccc3c4ccccc4c4ccccc4c4ccccc4n1c23. The van der Waals surface area contributed by atoms with Gasteiger partial charge < -0.3 is 9.38 Å². The molecule has 0 amide bonds. The van der Waals surface area contributed by atoms with Crippen molar-refractivity contribution in [1.29, 1.82) is 0 Å². The Kier molecular flexibility index (Phi) is 9.97. The van der Waals surface area contributed by atoms with Gasteiger partial charge in [-0.25, -0.2) is 0 Å². The third-order valence-electron chi connectivity index (χ3n) is 11.7. The van der Waals surface area contributed by atoms with Crippen LogP contribution in [0.1, 0.15) is 0 Å². The summed E-state index contributed by atoms with van der Waals surface area (Å²) in [6.45, 7) is 7.00. The van der Waals surface area contributed by atoms with Crippen LogP contribution >= 0.6 is 11.3 Å². The van der Waals surface area contributed by atoms with Crippen LogP contribution in [0.2, 0.25) is 19.6 Å². The van der Waals surface area contributed by atoms with Gasteiger partial charge >= 0.3 is 0 Å². The number of fused-ring (bicyclic) bond motifs is 11. The van der Waals surface area contributed by atoms with Crippen LogP contribution in [0.15, 0.2) is 182 Å². The van der Waals surface area contributed by atoms with Crippen LogP contribution in [-0.4, -0.2) is 22.4 Å². The van der Waals surface area contributed by atoms with E-state index in [0.29, 0.717) is 0 Å². The molecule has 0 aliphatic rings. The van der Waals surface area contributed by atoms with Crippen molar-refractivity contribution in [2.75, 3.05) is 0 Å². The molecule has 0 N–H and O–H groups in total. The minimum atomic E-state index is -1.23. The molecule has 1 radical (unpaired) electrons. The summed E-state index contributed by atoms with van der Waals surface area (Å²) in [5, 5.41) is 13.7. The van der Waals surface area contributed by atoms with Gasteiger partial charge in [0.25, 0.3) is 0 Å². The number of hydrogen-bond donors (Lipinski definition) is 0. The van der Waals surface area contributed by atoms with E-state index < -0.39 is 8.07 Å². The van der Waals surface area contributed by atoms with Gasteiger partial charge in [0, 0.05) is 47.3 Å². The maximum atomic E-state index is 5.41. The van der Waals surface area contributed by atoms with Crippen LogP contribution in [0, 0.1) is 12.1 Å². The zero-order chi connectivity index (χ0) is 40.4. The number of imidazole rings is 1. The quantitative estimate of drug-likeness (QED) is 0.130. The van der Waals surface area contributed by atoms with E-state index in [1.165, 1.54) is 68.4 Å². The molecule has 12 aromatic rings. The molecule has 3 nitrogen and oxygen atoms in total. The van der Waals surface area contributed by atoms with Gasteiger partial charge in [0.15, 0.2) is 0 Å². The molecule has 0 saturated carbocycles. The summed E-state index contributed by atoms with van der Waals surface area (Å²) < 4.78 is 4.89. The van der Waals surface area contributed by atoms with Crippen molar-refractivity contribution in [2.24, 2.45) is 0 Å². The minimum Gasteiger partial charge on any atom is -0.332 e. The van der Waals surface area contributed by atoms with E-state index in [1.54, 1.807) is 0 Å². The normalized spacial score (nSPS) is 11.7. The molecule has 61 heavy (non-hydrogen) atoms. The summed E-state index contributed by atoms with van der Waals surface area (Å²) in [5.41, 5.74) is 6.31. The van der Waals surface area contributed by atoms with Crippen LogP contribution in [0.4, 0.5) is 0 Å². The van der Waals surface area contributed by atoms with Crippen LogP contribution in [0.25, 0.3) is 102 Å². The number of benzene rings is 8. The zero-order valence-corrected chi connectivity index (χ0v) is 38.1. The Labute approximate surface area is 373 Å². The standard InChI is InChI=1S/C41H23N2S.C14H16NSi.Ir/c1-2-12-26-24-38-35(23-25(26)11-1)33-19-9-20-34(40(33)44-38)41-42-36-21-10-18-32-30-16-6-4-14-28(30)27-13-3-5-15-29(27)31-17-7-8-22-37(31)43(41)39(32)36;1-16(2,3)13-9-10-14(15-11-13)12-7-5-4-6-8-12;/h1-19,21-24H;4-7,9-11H,1-3H3;/q2*-1;. The van der Waals surface area contributed by atoms with E-state index in [2.05, 4.69) is 193 Å². The summed E-state index contributed by atoms with van der Waals surface area (Å²) in [7, 11) is -1.23. The summed E-state index contributed by atoms with van der Waals surface area (Å²) in [6, 6.07) is 69.5. The fourth-order valence-corrected chi connectivity index (χ4v) is 11.0. The fourth-order valence-electron chi connectivity index (χ4n) is 8.69. The largest absolute Gasteiger partial charge is 0.332 e. The first-order valence-electron chi connectivity index (χ1n) is 20.4. The summed E-state index contributed by atoms with van der Waals surface area (Å²) >= 11 is 1.84. The molecule has 12 rings (SSSR count). The predicted molar refractivity (Wildman–Crippen MR) is 260 cm³/mol. The third-order valence-corrected chi connectivity index (χ3v) is 14.9. The van der Waals surface area contributed by atoms with E-state index in [9.17, 15) is 0 Å². The van der Waals surface area contributed by atoms with Gasteiger partial charge in [0.2, 0.25) is 0 Å². The van der Waals surface area contributed by atoms with E-state index >= 15 is 0 Å². The van der Waals surface area contributed by atoms with Gasteiger partial charge in [-0.05, 0) is 77.5 Å². The molecule has 8 aromatic carbocycles. The Balaban J connectivity index is 0.000000222. The van der Waals surface area contributed by atoms with Crippen molar-refractivity contribution in [3.05, 3.63) is 194 Å². The first kappa shape index (κ1) is 38.9. The van der Waals surface area contributed by atoms with Gasteiger partial charge in [-0.3, -0.25) is 4.98 Å². The Morgan fingerprint density at radius 1 is 0.541 bits per heavy atom. The molecule has 6 heteroatoms. The maximum absolute atomic E-state index is 5.41. The van der Waals surface area contributed by atoms with E-state index in [0.717, 1.165) is 39.2 Å². The van der Waals surface area contributed by atoms with Crippen LogP contribution in [0.5, 0.6) is 0 Å². The van der Waals surface area contributed by atoms with Gasteiger partial charge in [0.05, 0.1) is 24.9 Å². The number of thiophene rings is 1. The van der Waals surface area contributed by atoms with Gasteiger partial charge in [-0.2, -0.15) is 11.3 Å². The first-order valence-corrected chi connectivity index (χ1v) is 24.7. The van der Waals surface area contributed by atoms with Crippen molar-refractivity contribution in [3.8, 4) is 22.6 Å². The number of rotatable bonds is 3. The van der Waals surface area contributed by atoms with Gasteiger partial charge in [-0.1, -0.05) is 146 Å². The number of pyridine rings is 1. The molecule has 0 spiro atoms. The predicted octanol–water partition coefficient (Wildman–Crippen LogP) is 14.6. The number of aromatic nitrogens is 3. The summed E-state index contributed by atoms with van der Waals surface area (Å²) in [4.78, 5) is 9.93. The smallest absolute Gasteiger partial charge is 0.0795 e. The van der Waals surface area contributed by atoms with Gasteiger partial charge in [-0.15, -0.1) is 54.1 Å². The van der Waals surface area contributed by atoms with Crippen molar-refractivity contribution < 1.29 is 20.1 Å². The van der Waals surface area contributed by atoms with Crippen molar-refractivity contribution in [2.45, 2.75) is 19.6 Å². The van der Waals surface area contributed by atoms with Gasteiger partial charge in [0.1, 0.15) is 0 Å². The molecule has 0 aliphatic carbocycles. The van der Waals surface area contributed by atoms with E-state index in [1.807, 2.05) is 41.8 Å². The van der Waals surface area contributed by atoms with Crippen molar-refractivity contribution in [1.82, 2.24) is 14.4 Å². The second-order valence-corrected chi connectivity index (χ2v) is 22.5. The molecule has 4 heterocycles. The second kappa shape index (κ2) is 15.6. The number of hydrogen-bond acceptors (Lipinski definition) is 3. The topological polar surface area (TPSA) is 30.2 Å². The molecule has 0 bridgehead atoms. The average molecular weight is 994 g/mol.